The van der Waals surface area contributed by atoms with E-state index in [-0.39, 0.29) is 17.3 Å². The Kier molecular flexibility index (Phi) is 9.12. The zero-order chi connectivity index (χ0) is 26.3. The van der Waals surface area contributed by atoms with Crippen molar-refractivity contribution in [2.75, 3.05) is 17.9 Å². The molecular weight excluding hydrogens is 498 g/mol. The summed E-state index contributed by atoms with van der Waals surface area (Å²) in [6, 6.07) is 21.1. The number of aryl methyl sites for hydroxylation is 1. The number of para-hydroxylation sites is 1. The van der Waals surface area contributed by atoms with Gasteiger partial charge in [-0.2, -0.15) is 0 Å². The molecule has 7 nitrogen and oxygen atoms in total. The maximum Gasteiger partial charge on any atom is 0.264 e. The summed E-state index contributed by atoms with van der Waals surface area (Å²) < 4.78 is 28.4. The van der Waals surface area contributed by atoms with E-state index in [1.54, 1.807) is 30.3 Å². The minimum Gasteiger partial charge on any atom is -0.357 e. The lowest BCUT2D eigenvalue weighted by molar-refractivity contribution is -0.140. The second-order valence-corrected chi connectivity index (χ2v) is 10.6. The van der Waals surface area contributed by atoms with E-state index in [9.17, 15) is 18.0 Å². The Labute approximate surface area is 217 Å². The molecule has 3 rings (SSSR count). The first-order valence-electron chi connectivity index (χ1n) is 11.6. The Hall–Kier alpha value is -3.36. The molecule has 9 heteroatoms. The number of anilines is 1. The third kappa shape index (κ3) is 6.44. The molecule has 0 aliphatic heterocycles. The molecule has 190 valence electrons. The Morgan fingerprint density at radius 1 is 0.944 bits per heavy atom. The molecule has 0 aromatic heterocycles. The number of benzene rings is 3. The molecule has 0 spiro atoms. The monoisotopic (exact) mass is 527 g/mol. The van der Waals surface area contributed by atoms with Gasteiger partial charge in [-0.15, -0.1) is 0 Å². The molecule has 1 atom stereocenters. The van der Waals surface area contributed by atoms with Crippen LogP contribution in [0.1, 0.15) is 24.5 Å². The number of carbonyl (C=O) groups is 2. The fraction of sp³-hybridized carbons (Fsp3) is 0.259. The largest absolute Gasteiger partial charge is 0.357 e. The summed E-state index contributed by atoms with van der Waals surface area (Å²) in [5, 5.41) is 3.02. The van der Waals surface area contributed by atoms with Gasteiger partial charge in [0, 0.05) is 18.6 Å². The molecule has 0 bridgehead atoms. The van der Waals surface area contributed by atoms with Crippen molar-refractivity contribution in [1.29, 1.82) is 0 Å². The quantitative estimate of drug-likeness (QED) is 0.423. The molecule has 0 fully saturated rings. The standard InChI is InChI=1S/C27H30ClN3O4S/c1-4-25(27(33)29-3)30(18-21-12-10-20(2)11-13-21)26(32)19-31(23-8-6-5-7-9-23)36(34,35)24-16-14-22(28)15-17-24/h5-17,25H,4,18-19H2,1-3H3,(H,29,33)/t25-/m1/s1. The van der Waals surface area contributed by atoms with Crippen molar-refractivity contribution in [2.45, 2.75) is 37.8 Å². The first-order valence-corrected chi connectivity index (χ1v) is 13.4. The maximum atomic E-state index is 13.8. The topological polar surface area (TPSA) is 86.8 Å². The summed E-state index contributed by atoms with van der Waals surface area (Å²) in [6.07, 6.45) is 0.368. The van der Waals surface area contributed by atoms with E-state index in [1.807, 2.05) is 38.1 Å². The molecular formula is C27H30ClN3O4S. The Bertz CT molecular complexity index is 1280. The van der Waals surface area contributed by atoms with Crippen LogP contribution in [0.3, 0.4) is 0 Å². The highest BCUT2D eigenvalue weighted by atomic mass is 35.5. The molecule has 0 radical (unpaired) electrons. The average molecular weight is 528 g/mol. The predicted molar refractivity (Wildman–Crippen MR) is 142 cm³/mol. The lowest BCUT2D eigenvalue weighted by Gasteiger charge is -2.33. The van der Waals surface area contributed by atoms with Gasteiger partial charge in [-0.05, 0) is 55.3 Å². The van der Waals surface area contributed by atoms with Crippen LogP contribution >= 0.6 is 11.6 Å². The zero-order valence-corrected chi connectivity index (χ0v) is 22.1. The molecule has 1 N–H and O–H groups in total. The number of carbonyl (C=O) groups excluding carboxylic acids is 2. The number of likely N-dealkylation sites (N-methyl/N-ethyl adjacent to an activating group) is 1. The number of halogens is 1. The normalized spacial score (nSPS) is 12.0. The van der Waals surface area contributed by atoms with Crippen LogP contribution in [0.15, 0.2) is 83.8 Å². The Morgan fingerprint density at radius 2 is 1.56 bits per heavy atom. The molecule has 36 heavy (non-hydrogen) atoms. The molecule has 0 heterocycles. The summed E-state index contributed by atoms with van der Waals surface area (Å²) in [5.74, 6) is -0.808. The Balaban J connectivity index is 2.02. The number of amides is 2. The highest BCUT2D eigenvalue weighted by Gasteiger charge is 2.33. The van der Waals surface area contributed by atoms with Gasteiger partial charge in [0.05, 0.1) is 10.6 Å². The van der Waals surface area contributed by atoms with Crippen molar-refractivity contribution in [3.8, 4) is 0 Å². The van der Waals surface area contributed by atoms with Crippen molar-refractivity contribution in [2.24, 2.45) is 0 Å². The highest BCUT2D eigenvalue weighted by Crippen LogP contribution is 2.25. The third-order valence-electron chi connectivity index (χ3n) is 5.83. The number of nitrogens with one attached hydrogen (secondary N) is 1. The van der Waals surface area contributed by atoms with E-state index in [4.69, 9.17) is 11.6 Å². The van der Waals surface area contributed by atoms with E-state index in [0.29, 0.717) is 17.1 Å². The lowest BCUT2D eigenvalue weighted by Crippen LogP contribution is -2.51. The van der Waals surface area contributed by atoms with Gasteiger partial charge in [-0.1, -0.05) is 66.6 Å². The molecule has 3 aromatic rings. The Morgan fingerprint density at radius 3 is 2.11 bits per heavy atom. The van der Waals surface area contributed by atoms with Gasteiger partial charge < -0.3 is 10.2 Å². The molecule has 0 unspecified atom stereocenters. The molecule has 0 aliphatic rings. The van der Waals surface area contributed by atoms with Crippen LogP contribution in [0.4, 0.5) is 5.69 Å². The van der Waals surface area contributed by atoms with Crippen LogP contribution in [0.25, 0.3) is 0 Å². The number of sulfonamides is 1. The van der Waals surface area contributed by atoms with Crippen LogP contribution in [0.5, 0.6) is 0 Å². The van der Waals surface area contributed by atoms with Crippen molar-refractivity contribution >= 4 is 39.1 Å². The van der Waals surface area contributed by atoms with E-state index in [2.05, 4.69) is 5.32 Å². The number of hydrogen-bond donors (Lipinski definition) is 1. The summed E-state index contributed by atoms with van der Waals surface area (Å²) >= 11 is 5.96. The number of hydrogen-bond acceptors (Lipinski definition) is 4. The first-order chi connectivity index (χ1) is 17.2. The number of nitrogens with zero attached hydrogens (tertiary/aromatic N) is 2. The van der Waals surface area contributed by atoms with Gasteiger partial charge in [0.15, 0.2) is 0 Å². The van der Waals surface area contributed by atoms with Crippen molar-refractivity contribution in [3.63, 3.8) is 0 Å². The van der Waals surface area contributed by atoms with Crippen LogP contribution in [0, 0.1) is 6.92 Å². The summed E-state index contributed by atoms with van der Waals surface area (Å²) in [6.45, 7) is 3.46. The van der Waals surface area contributed by atoms with E-state index in [1.165, 1.54) is 36.2 Å². The van der Waals surface area contributed by atoms with Gasteiger partial charge >= 0.3 is 0 Å². The maximum absolute atomic E-state index is 13.8. The summed E-state index contributed by atoms with van der Waals surface area (Å²) in [7, 11) is -2.59. The van der Waals surface area contributed by atoms with Crippen LogP contribution < -0.4 is 9.62 Å². The molecule has 2 amide bonds. The van der Waals surface area contributed by atoms with Gasteiger partial charge in [0.1, 0.15) is 12.6 Å². The first kappa shape index (κ1) is 27.2. The van der Waals surface area contributed by atoms with Gasteiger partial charge in [0.2, 0.25) is 11.8 Å². The minimum absolute atomic E-state index is 0.00646. The molecule has 0 saturated heterocycles. The van der Waals surface area contributed by atoms with Crippen LogP contribution in [-0.2, 0) is 26.2 Å². The molecule has 0 aliphatic carbocycles. The highest BCUT2D eigenvalue weighted by molar-refractivity contribution is 7.92. The average Bonchev–Trinajstić information content (AvgIpc) is 2.88. The zero-order valence-electron chi connectivity index (χ0n) is 20.5. The fourth-order valence-corrected chi connectivity index (χ4v) is 5.37. The van der Waals surface area contributed by atoms with Crippen molar-refractivity contribution in [3.05, 3.63) is 95.0 Å². The molecule has 0 saturated carbocycles. The third-order valence-corrected chi connectivity index (χ3v) is 7.87. The van der Waals surface area contributed by atoms with Gasteiger partial charge in [-0.25, -0.2) is 8.42 Å². The second-order valence-electron chi connectivity index (χ2n) is 8.35. The predicted octanol–water partition coefficient (Wildman–Crippen LogP) is 4.40. The second kappa shape index (κ2) is 12.1. The van der Waals surface area contributed by atoms with Crippen LogP contribution in [-0.4, -0.2) is 44.8 Å². The van der Waals surface area contributed by atoms with Crippen LogP contribution in [0.2, 0.25) is 5.02 Å². The van der Waals surface area contributed by atoms with E-state index >= 15 is 0 Å². The summed E-state index contributed by atoms with van der Waals surface area (Å²) in [4.78, 5) is 27.9. The van der Waals surface area contributed by atoms with Gasteiger partial charge in [0.25, 0.3) is 10.0 Å². The minimum atomic E-state index is -4.11. The SMILES string of the molecule is CC[C@H](C(=O)NC)N(Cc1ccc(C)cc1)C(=O)CN(c1ccccc1)S(=O)(=O)c1ccc(Cl)cc1. The van der Waals surface area contributed by atoms with E-state index in [0.717, 1.165) is 15.4 Å². The summed E-state index contributed by atoms with van der Waals surface area (Å²) in [5.41, 5.74) is 2.24. The number of rotatable bonds is 10. The fourth-order valence-electron chi connectivity index (χ4n) is 3.83. The van der Waals surface area contributed by atoms with Crippen molar-refractivity contribution < 1.29 is 18.0 Å². The molecule has 3 aromatic carbocycles. The van der Waals surface area contributed by atoms with Gasteiger partial charge in [-0.3, -0.25) is 13.9 Å². The lowest BCUT2D eigenvalue weighted by atomic mass is 10.1. The van der Waals surface area contributed by atoms with E-state index < -0.39 is 28.5 Å². The van der Waals surface area contributed by atoms with Crippen molar-refractivity contribution in [1.82, 2.24) is 10.2 Å². The smallest absolute Gasteiger partial charge is 0.264 e.